The van der Waals surface area contributed by atoms with Crippen LogP contribution in [0.15, 0.2) is 35.5 Å². The van der Waals surface area contributed by atoms with Gasteiger partial charge >= 0.3 is 0 Å². The summed E-state index contributed by atoms with van der Waals surface area (Å²) in [6.45, 7) is 10.8. The molecular formula is C20H32O2. The molecule has 2 N–H and O–H groups in total. The fourth-order valence-electron chi connectivity index (χ4n) is 4.44. The molecule has 0 aromatic rings. The molecule has 1 saturated carbocycles. The average molecular weight is 304 g/mol. The first-order valence-corrected chi connectivity index (χ1v) is 8.66. The minimum absolute atomic E-state index is 0.0331. The fourth-order valence-corrected chi connectivity index (χ4v) is 4.44. The Kier molecular flexibility index (Phi) is 5.68. The lowest BCUT2D eigenvalue weighted by atomic mass is 9.70. The van der Waals surface area contributed by atoms with Gasteiger partial charge in [-0.25, -0.2) is 0 Å². The van der Waals surface area contributed by atoms with E-state index in [1.165, 1.54) is 17.6 Å². The van der Waals surface area contributed by atoms with E-state index in [1.807, 2.05) is 6.08 Å². The fraction of sp³-hybridized carbons (Fsp3) is 0.700. The molecule has 2 nitrogen and oxygen atoms in total. The Balaban J connectivity index is 2.33. The minimum atomic E-state index is -0.514. The number of rotatable bonds is 2. The van der Waals surface area contributed by atoms with Gasteiger partial charge in [0.2, 0.25) is 0 Å². The normalized spacial score (nSPS) is 36.9. The van der Waals surface area contributed by atoms with Crippen LogP contribution in [0.3, 0.4) is 0 Å². The number of aliphatic hydroxyl groups is 2. The summed E-state index contributed by atoms with van der Waals surface area (Å²) in [7, 11) is 0. The van der Waals surface area contributed by atoms with Gasteiger partial charge in [0.1, 0.15) is 0 Å². The van der Waals surface area contributed by atoms with Crippen LogP contribution in [0.1, 0.15) is 59.3 Å². The van der Waals surface area contributed by atoms with Gasteiger partial charge in [-0.15, -0.1) is 0 Å². The van der Waals surface area contributed by atoms with Gasteiger partial charge in [-0.2, -0.15) is 0 Å². The maximum absolute atomic E-state index is 10.6. The third-order valence-electron chi connectivity index (χ3n) is 5.98. The lowest BCUT2D eigenvalue weighted by Crippen LogP contribution is -2.31. The molecular weight excluding hydrogens is 272 g/mol. The largest absolute Gasteiger partial charge is 0.392 e. The van der Waals surface area contributed by atoms with Crippen LogP contribution < -0.4 is 0 Å². The highest BCUT2D eigenvalue weighted by atomic mass is 16.3. The van der Waals surface area contributed by atoms with Crippen LogP contribution in [0.25, 0.3) is 0 Å². The Morgan fingerprint density at radius 1 is 1.41 bits per heavy atom. The van der Waals surface area contributed by atoms with Crippen LogP contribution in [-0.2, 0) is 0 Å². The smallest absolute Gasteiger partial charge is 0.0777 e. The number of hydrogen-bond acceptors (Lipinski definition) is 2. The maximum Gasteiger partial charge on any atom is 0.0777 e. The summed E-state index contributed by atoms with van der Waals surface area (Å²) in [4.78, 5) is 0. The molecule has 2 rings (SSSR count). The zero-order chi connectivity index (χ0) is 16.3. The third-order valence-corrected chi connectivity index (χ3v) is 5.98. The SMILES string of the molecule is C=C(C)C1CCC2(C)CC(O)C(CO)=CCCC(C)=CCC12. The third kappa shape index (κ3) is 3.72. The summed E-state index contributed by atoms with van der Waals surface area (Å²) >= 11 is 0. The molecule has 2 heteroatoms. The second kappa shape index (κ2) is 7.14. The molecule has 2 aliphatic rings. The molecule has 0 radical (unpaired) electrons. The molecule has 4 atom stereocenters. The molecule has 4 unspecified atom stereocenters. The highest BCUT2D eigenvalue weighted by Crippen LogP contribution is 2.54. The van der Waals surface area contributed by atoms with Gasteiger partial charge < -0.3 is 10.2 Å². The summed E-state index contributed by atoms with van der Waals surface area (Å²) in [5, 5.41) is 20.2. The van der Waals surface area contributed by atoms with Crippen molar-refractivity contribution in [1.82, 2.24) is 0 Å². The Morgan fingerprint density at radius 3 is 2.77 bits per heavy atom. The van der Waals surface area contributed by atoms with Crippen molar-refractivity contribution in [3.05, 3.63) is 35.5 Å². The molecule has 0 saturated heterocycles. The monoisotopic (exact) mass is 304 g/mol. The zero-order valence-electron chi connectivity index (χ0n) is 14.4. The highest BCUT2D eigenvalue weighted by molar-refractivity contribution is 5.16. The van der Waals surface area contributed by atoms with Crippen molar-refractivity contribution in [2.24, 2.45) is 17.3 Å². The molecule has 1 fully saturated rings. The van der Waals surface area contributed by atoms with Crippen molar-refractivity contribution < 1.29 is 10.2 Å². The molecule has 0 spiro atoms. The Hall–Kier alpha value is -0.860. The van der Waals surface area contributed by atoms with E-state index in [9.17, 15) is 10.2 Å². The summed E-state index contributed by atoms with van der Waals surface area (Å²) in [5.41, 5.74) is 3.62. The van der Waals surface area contributed by atoms with Crippen molar-refractivity contribution in [3.63, 3.8) is 0 Å². The van der Waals surface area contributed by atoms with Gasteiger partial charge in [0, 0.05) is 0 Å². The van der Waals surface area contributed by atoms with Crippen LogP contribution in [0, 0.1) is 17.3 Å². The van der Waals surface area contributed by atoms with Crippen LogP contribution in [0.4, 0.5) is 0 Å². The summed E-state index contributed by atoms with van der Waals surface area (Å²) in [6.07, 6.45) is 9.98. The summed E-state index contributed by atoms with van der Waals surface area (Å²) in [5.74, 6) is 1.11. The molecule has 2 aliphatic carbocycles. The van der Waals surface area contributed by atoms with E-state index < -0.39 is 6.10 Å². The average Bonchev–Trinajstić information content (AvgIpc) is 2.76. The Morgan fingerprint density at radius 2 is 2.14 bits per heavy atom. The summed E-state index contributed by atoms with van der Waals surface area (Å²) in [6, 6.07) is 0. The quantitative estimate of drug-likeness (QED) is 0.743. The van der Waals surface area contributed by atoms with Gasteiger partial charge in [0.25, 0.3) is 0 Å². The molecule has 22 heavy (non-hydrogen) atoms. The molecule has 0 aliphatic heterocycles. The minimum Gasteiger partial charge on any atom is -0.392 e. The zero-order valence-corrected chi connectivity index (χ0v) is 14.4. The topological polar surface area (TPSA) is 40.5 Å². The van der Waals surface area contributed by atoms with Crippen LogP contribution in [0.5, 0.6) is 0 Å². The van der Waals surface area contributed by atoms with Gasteiger partial charge in [0.15, 0.2) is 0 Å². The van der Waals surface area contributed by atoms with Crippen LogP contribution >= 0.6 is 0 Å². The van der Waals surface area contributed by atoms with E-state index in [1.54, 1.807) is 0 Å². The molecule has 0 aromatic carbocycles. The number of allylic oxidation sites excluding steroid dienone is 4. The highest BCUT2D eigenvalue weighted by Gasteiger charge is 2.45. The predicted molar refractivity (Wildman–Crippen MR) is 92.5 cm³/mol. The molecule has 0 bridgehead atoms. The van der Waals surface area contributed by atoms with Crippen molar-refractivity contribution in [3.8, 4) is 0 Å². The molecule has 0 aromatic heterocycles. The van der Waals surface area contributed by atoms with Crippen molar-refractivity contribution in [2.75, 3.05) is 6.61 Å². The van der Waals surface area contributed by atoms with E-state index in [2.05, 4.69) is 33.4 Å². The first kappa shape index (κ1) is 17.5. The van der Waals surface area contributed by atoms with Gasteiger partial charge in [0.05, 0.1) is 12.7 Å². The standard InChI is InChI=1S/C20H32O2/c1-14(2)17-10-11-20(4)12-19(22)16(13-21)7-5-6-15(3)8-9-18(17)20/h7-8,17-19,21-22H,1,5-6,9-13H2,2-4H3. The van der Waals surface area contributed by atoms with Gasteiger partial charge in [-0.3, -0.25) is 0 Å². The van der Waals surface area contributed by atoms with Gasteiger partial charge in [-0.05, 0) is 75.2 Å². The molecule has 0 heterocycles. The van der Waals surface area contributed by atoms with Crippen molar-refractivity contribution >= 4 is 0 Å². The Labute approximate surface area is 135 Å². The summed E-state index contributed by atoms with van der Waals surface area (Å²) < 4.78 is 0. The van der Waals surface area contributed by atoms with E-state index >= 15 is 0 Å². The Bertz CT molecular complexity index is 474. The van der Waals surface area contributed by atoms with E-state index in [0.717, 1.165) is 37.7 Å². The lowest BCUT2D eigenvalue weighted by Gasteiger charge is -2.36. The van der Waals surface area contributed by atoms with Crippen molar-refractivity contribution in [1.29, 1.82) is 0 Å². The molecule has 124 valence electrons. The van der Waals surface area contributed by atoms with E-state index in [-0.39, 0.29) is 12.0 Å². The van der Waals surface area contributed by atoms with E-state index in [0.29, 0.717) is 11.8 Å². The predicted octanol–water partition coefficient (Wildman–Crippen LogP) is 4.39. The van der Waals surface area contributed by atoms with Gasteiger partial charge in [-0.1, -0.05) is 36.8 Å². The maximum atomic E-state index is 10.6. The number of hydrogen-bond donors (Lipinski definition) is 2. The molecule has 0 amide bonds. The number of aliphatic hydroxyl groups excluding tert-OH is 2. The van der Waals surface area contributed by atoms with E-state index in [4.69, 9.17) is 0 Å². The second-order valence-electron chi connectivity index (χ2n) is 7.73. The lowest BCUT2D eigenvalue weighted by molar-refractivity contribution is 0.0903. The van der Waals surface area contributed by atoms with Crippen molar-refractivity contribution in [2.45, 2.75) is 65.4 Å². The number of fused-ring (bicyclic) bond motifs is 1. The first-order valence-electron chi connectivity index (χ1n) is 8.66. The second-order valence-corrected chi connectivity index (χ2v) is 7.73. The van der Waals surface area contributed by atoms with Crippen LogP contribution in [-0.4, -0.2) is 22.9 Å². The first-order chi connectivity index (χ1) is 10.4. The van der Waals surface area contributed by atoms with Crippen LogP contribution in [0.2, 0.25) is 0 Å².